The second-order valence-corrected chi connectivity index (χ2v) is 2.19. The topological polar surface area (TPSA) is 0 Å². The first-order chi connectivity index (χ1) is 4.43. The summed E-state index contributed by atoms with van der Waals surface area (Å²) in [7, 11) is 0. The summed E-state index contributed by atoms with van der Waals surface area (Å²) in [5.41, 5.74) is 0.998. The van der Waals surface area contributed by atoms with Gasteiger partial charge in [-0.15, -0.1) is 6.42 Å². The van der Waals surface area contributed by atoms with E-state index in [4.69, 9.17) is 6.42 Å². The van der Waals surface area contributed by atoms with E-state index in [2.05, 4.69) is 17.8 Å². The molecule has 0 aliphatic carbocycles. The van der Waals surface area contributed by atoms with Crippen molar-refractivity contribution in [3.05, 3.63) is 22.4 Å². The molecule has 0 atom stereocenters. The molecule has 9 heavy (non-hydrogen) atoms. The molecule has 0 amide bonds. The molecule has 0 aliphatic rings. The van der Waals surface area contributed by atoms with Gasteiger partial charge in [0.1, 0.15) is 0 Å². The summed E-state index contributed by atoms with van der Waals surface area (Å²) in [6, 6.07) is 1.94. The third-order valence-electron chi connectivity index (χ3n) is 0.800. The van der Waals surface area contributed by atoms with E-state index < -0.39 is 0 Å². The summed E-state index contributed by atoms with van der Waals surface area (Å²) in [4.78, 5) is 0. The van der Waals surface area contributed by atoms with Crippen molar-refractivity contribution in [1.29, 1.82) is 0 Å². The van der Waals surface area contributed by atoms with E-state index in [-0.39, 0.29) is 0 Å². The molecule has 1 rings (SSSR count). The average molecular weight is 132 g/mol. The van der Waals surface area contributed by atoms with Gasteiger partial charge in [-0.05, 0) is 23.3 Å². The van der Waals surface area contributed by atoms with Crippen molar-refractivity contribution in [2.24, 2.45) is 0 Å². The molecule has 1 aromatic heterocycles. The van der Waals surface area contributed by atoms with Gasteiger partial charge in [0.25, 0.3) is 0 Å². The molecular formula is C8H4S. The Bertz CT molecular complexity index is 264. The van der Waals surface area contributed by atoms with E-state index in [1.54, 1.807) is 11.3 Å². The number of hydrogen-bond donors (Lipinski definition) is 0. The Morgan fingerprint density at radius 1 is 1.56 bits per heavy atom. The summed E-state index contributed by atoms with van der Waals surface area (Å²) in [6.07, 6.45) is 4.92. The maximum atomic E-state index is 4.92. The second-order valence-electron chi connectivity index (χ2n) is 1.41. The monoisotopic (exact) mass is 132 g/mol. The molecule has 0 spiro atoms. The highest BCUT2D eigenvalue weighted by molar-refractivity contribution is 7.08. The highest BCUT2D eigenvalue weighted by atomic mass is 32.1. The molecule has 1 aromatic rings. The molecule has 0 aromatic carbocycles. The van der Waals surface area contributed by atoms with Crippen LogP contribution in [0.1, 0.15) is 5.56 Å². The molecule has 0 unspecified atom stereocenters. The van der Waals surface area contributed by atoms with E-state index >= 15 is 0 Å². The van der Waals surface area contributed by atoms with Crippen LogP contribution in [-0.2, 0) is 0 Å². The third-order valence-corrected chi connectivity index (χ3v) is 1.48. The van der Waals surface area contributed by atoms with Gasteiger partial charge in [0.2, 0.25) is 0 Å². The number of thiophene rings is 1. The SMILES string of the molecule is C#CC#Cc1ccsc1. The maximum absolute atomic E-state index is 4.92. The third kappa shape index (κ3) is 1.64. The molecule has 1 heteroatoms. The van der Waals surface area contributed by atoms with Crippen LogP contribution in [0.3, 0.4) is 0 Å². The summed E-state index contributed by atoms with van der Waals surface area (Å²) in [5, 5.41) is 3.94. The Kier molecular flexibility index (Phi) is 1.96. The van der Waals surface area contributed by atoms with E-state index in [0.29, 0.717) is 0 Å². The smallest absolute Gasteiger partial charge is 0.0362 e. The fraction of sp³-hybridized carbons (Fsp3) is 0. The highest BCUT2D eigenvalue weighted by Crippen LogP contribution is 2.02. The van der Waals surface area contributed by atoms with Crippen LogP contribution < -0.4 is 0 Å². The molecule has 0 nitrogen and oxygen atoms in total. The summed E-state index contributed by atoms with van der Waals surface area (Å²) < 4.78 is 0. The first kappa shape index (κ1) is 5.95. The minimum Gasteiger partial charge on any atom is -0.151 e. The number of terminal acetylenes is 1. The zero-order valence-electron chi connectivity index (χ0n) is 4.72. The lowest BCUT2D eigenvalue weighted by Gasteiger charge is -1.69. The van der Waals surface area contributed by atoms with Gasteiger partial charge in [0, 0.05) is 10.9 Å². The van der Waals surface area contributed by atoms with Crippen molar-refractivity contribution < 1.29 is 0 Å². The fourth-order valence-corrected chi connectivity index (χ4v) is 1.03. The van der Waals surface area contributed by atoms with Crippen LogP contribution in [0.5, 0.6) is 0 Å². The van der Waals surface area contributed by atoms with Crippen LogP contribution in [0, 0.1) is 24.2 Å². The van der Waals surface area contributed by atoms with Gasteiger partial charge in [-0.2, -0.15) is 11.3 Å². The van der Waals surface area contributed by atoms with Crippen molar-refractivity contribution >= 4 is 11.3 Å². The zero-order chi connectivity index (χ0) is 6.53. The lowest BCUT2D eigenvalue weighted by Crippen LogP contribution is -1.58. The van der Waals surface area contributed by atoms with E-state index in [1.165, 1.54) is 0 Å². The first-order valence-electron chi connectivity index (χ1n) is 2.42. The van der Waals surface area contributed by atoms with Crippen LogP contribution in [0.2, 0.25) is 0 Å². The van der Waals surface area contributed by atoms with Crippen molar-refractivity contribution in [2.75, 3.05) is 0 Å². The predicted molar refractivity (Wildman–Crippen MR) is 40.0 cm³/mol. The minimum absolute atomic E-state index is 0.998. The first-order valence-corrected chi connectivity index (χ1v) is 3.36. The summed E-state index contributed by atoms with van der Waals surface area (Å²) in [5.74, 6) is 7.58. The quantitative estimate of drug-likeness (QED) is 0.472. The van der Waals surface area contributed by atoms with Gasteiger partial charge in [0.05, 0.1) is 0 Å². The molecule has 1 heterocycles. The van der Waals surface area contributed by atoms with Crippen LogP contribution in [0.25, 0.3) is 0 Å². The number of hydrogen-bond acceptors (Lipinski definition) is 1. The van der Waals surface area contributed by atoms with Crippen molar-refractivity contribution in [2.45, 2.75) is 0 Å². The van der Waals surface area contributed by atoms with Crippen LogP contribution >= 0.6 is 11.3 Å². The van der Waals surface area contributed by atoms with E-state index in [9.17, 15) is 0 Å². The van der Waals surface area contributed by atoms with Gasteiger partial charge in [-0.25, -0.2) is 0 Å². The van der Waals surface area contributed by atoms with E-state index in [1.807, 2.05) is 16.8 Å². The van der Waals surface area contributed by atoms with Gasteiger partial charge < -0.3 is 0 Å². The standard InChI is InChI=1S/C8H4S/c1-2-3-4-8-5-6-9-7-8/h1,5-7H. The molecule has 0 N–H and O–H groups in total. The van der Waals surface area contributed by atoms with Crippen molar-refractivity contribution in [3.63, 3.8) is 0 Å². The Hall–Kier alpha value is -1.18. The molecule has 0 radical (unpaired) electrons. The Balaban J connectivity index is 2.82. The molecule has 0 saturated carbocycles. The summed E-state index contributed by atoms with van der Waals surface area (Å²) in [6.45, 7) is 0. The number of rotatable bonds is 0. The predicted octanol–water partition coefficient (Wildman–Crippen LogP) is 1.73. The molecule has 42 valence electrons. The van der Waals surface area contributed by atoms with Crippen LogP contribution in [0.15, 0.2) is 16.8 Å². The zero-order valence-corrected chi connectivity index (χ0v) is 5.53. The van der Waals surface area contributed by atoms with Gasteiger partial charge >= 0.3 is 0 Å². The minimum atomic E-state index is 0.998. The fourth-order valence-electron chi connectivity index (χ4n) is 0.444. The molecule has 0 bridgehead atoms. The molecule has 0 saturated heterocycles. The van der Waals surface area contributed by atoms with E-state index in [0.717, 1.165) is 5.56 Å². The Labute approximate surface area is 58.5 Å². The lowest BCUT2D eigenvalue weighted by molar-refractivity contribution is 1.86. The lowest BCUT2D eigenvalue weighted by atomic mass is 10.3. The molecule has 0 fully saturated rings. The highest BCUT2D eigenvalue weighted by Gasteiger charge is 1.80. The van der Waals surface area contributed by atoms with Gasteiger partial charge in [-0.1, -0.05) is 5.92 Å². The average Bonchev–Trinajstić information content (AvgIpc) is 2.34. The Morgan fingerprint density at radius 3 is 3.00 bits per heavy atom. The van der Waals surface area contributed by atoms with Crippen molar-refractivity contribution in [1.82, 2.24) is 0 Å². The van der Waals surface area contributed by atoms with Crippen LogP contribution in [0.4, 0.5) is 0 Å². The summed E-state index contributed by atoms with van der Waals surface area (Å²) >= 11 is 1.62. The van der Waals surface area contributed by atoms with Gasteiger partial charge in [-0.3, -0.25) is 0 Å². The maximum Gasteiger partial charge on any atom is 0.0362 e. The Morgan fingerprint density at radius 2 is 2.44 bits per heavy atom. The van der Waals surface area contributed by atoms with Crippen molar-refractivity contribution in [3.8, 4) is 24.2 Å². The normalized spacial score (nSPS) is 7.00. The molecule has 0 aliphatic heterocycles. The van der Waals surface area contributed by atoms with Gasteiger partial charge in [0.15, 0.2) is 0 Å². The largest absolute Gasteiger partial charge is 0.151 e. The molecular weight excluding hydrogens is 128 g/mol. The van der Waals surface area contributed by atoms with Crippen LogP contribution in [-0.4, -0.2) is 0 Å². The second kappa shape index (κ2) is 2.97.